The van der Waals surface area contributed by atoms with Gasteiger partial charge in [0.2, 0.25) is 5.91 Å². The number of carbonyl (C=O) groups is 1. The molecule has 0 aliphatic carbocycles. The second-order valence-corrected chi connectivity index (χ2v) is 5.00. The Hall–Kier alpha value is -0.680. The predicted octanol–water partition coefficient (Wildman–Crippen LogP) is 0.918. The first kappa shape index (κ1) is 15.3. The van der Waals surface area contributed by atoms with Crippen molar-refractivity contribution in [3.63, 3.8) is 0 Å². The second-order valence-electron chi connectivity index (χ2n) is 4.53. The molecule has 3 N–H and O–H groups in total. The Kier molecular flexibility index (Phi) is 5.89. The zero-order valence-corrected chi connectivity index (χ0v) is 11.3. The summed E-state index contributed by atoms with van der Waals surface area (Å²) in [7, 11) is 0. The van der Waals surface area contributed by atoms with Crippen LogP contribution in [0.5, 0.6) is 0 Å². The maximum atomic E-state index is 12.1. The molecule has 5 heteroatoms. The highest BCUT2D eigenvalue weighted by molar-refractivity contribution is 7.80. The Bertz CT molecular complexity index is 261. The molecule has 94 valence electrons. The molecule has 16 heavy (non-hydrogen) atoms. The van der Waals surface area contributed by atoms with Crippen molar-refractivity contribution >= 4 is 23.1 Å². The fourth-order valence-electron chi connectivity index (χ4n) is 1.53. The Labute approximate surface area is 103 Å². The van der Waals surface area contributed by atoms with Crippen LogP contribution >= 0.6 is 12.2 Å². The summed E-state index contributed by atoms with van der Waals surface area (Å²) in [5, 5.41) is 9.70. The molecule has 0 spiro atoms. The van der Waals surface area contributed by atoms with Crippen LogP contribution in [0.4, 0.5) is 0 Å². The fraction of sp³-hybridized carbons (Fsp3) is 0.818. The molecule has 0 radical (unpaired) electrons. The summed E-state index contributed by atoms with van der Waals surface area (Å²) in [5.41, 5.74) is 4.62. The fourth-order valence-corrected chi connectivity index (χ4v) is 1.80. The molecular weight excluding hydrogens is 224 g/mol. The van der Waals surface area contributed by atoms with Gasteiger partial charge in [0.1, 0.15) is 0 Å². The molecule has 0 saturated heterocycles. The minimum Gasteiger partial charge on any atom is -0.393 e. The van der Waals surface area contributed by atoms with Crippen molar-refractivity contribution < 1.29 is 9.90 Å². The van der Waals surface area contributed by atoms with Crippen molar-refractivity contribution in [3.05, 3.63) is 0 Å². The number of carbonyl (C=O) groups excluding carboxylic acids is 1. The predicted molar refractivity (Wildman–Crippen MR) is 69.1 cm³/mol. The van der Waals surface area contributed by atoms with Crippen LogP contribution in [0.15, 0.2) is 0 Å². The summed E-state index contributed by atoms with van der Waals surface area (Å²) in [6, 6.07) is 0. The van der Waals surface area contributed by atoms with Gasteiger partial charge in [-0.1, -0.05) is 19.1 Å². The first-order valence-corrected chi connectivity index (χ1v) is 5.94. The van der Waals surface area contributed by atoms with Crippen LogP contribution in [-0.2, 0) is 4.79 Å². The lowest BCUT2D eigenvalue weighted by Gasteiger charge is -2.30. The van der Waals surface area contributed by atoms with E-state index in [4.69, 9.17) is 18.0 Å². The van der Waals surface area contributed by atoms with E-state index >= 15 is 0 Å². The van der Waals surface area contributed by atoms with Crippen molar-refractivity contribution in [1.29, 1.82) is 0 Å². The molecule has 0 aromatic rings. The normalized spacial score (nSPS) is 13.3. The number of nitrogens with zero attached hydrogens (tertiary/aromatic N) is 1. The lowest BCUT2D eigenvalue weighted by molar-refractivity contribution is -0.136. The van der Waals surface area contributed by atoms with Gasteiger partial charge in [-0.05, 0) is 27.2 Å². The third-order valence-electron chi connectivity index (χ3n) is 2.32. The second kappa shape index (κ2) is 6.15. The minimum absolute atomic E-state index is 0.0976. The summed E-state index contributed by atoms with van der Waals surface area (Å²) in [5.74, 6) is -0.517. The minimum atomic E-state index is -0.903. The summed E-state index contributed by atoms with van der Waals surface area (Å²) in [6.07, 6.45) is 0.594. The van der Waals surface area contributed by atoms with Crippen LogP contribution < -0.4 is 5.73 Å². The van der Waals surface area contributed by atoms with Crippen molar-refractivity contribution in [1.82, 2.24) is 4.90 Å². The van der Waals surface area contributed by atoms with Crippen LogP contribution in [-0.4, -0.2) is 39.6 Å². The molecule has 0 aromatic heterocycles. The van der Waals surface area contributed by atoms with Gasteiger partial charge >= 0.3 is 0 Å². The van der Waals surface area contributed by atoms with Gasteiger partial charge in [0, 0.05) is 13.1 Å². The first-order chi connectivity index (χ1) is 7.22. The molecule has 0 bridgehead atoms. The highest BCUT2D eigenvalue weighted by atomic mass is 32.1. The average molecular weight is 246 g/mol. The number of likely N-dealkylation sites (N-methyl/N-ethyl adjacent to an activating group) is 1. The van der Waals surface area contributed by atoms with E-state index in [1.54, 1.807) is 18.7 Å². The summed E-state index contributed by atoms with van der Waals surface area (Å²) < 4.78 is 0. The number of aliphatic hydroxyl groups is 1. The van der Waals surface area contributed by atoms with Crippen LogP contribution in [0.1, 0.15) is 34.1 Å². The van der Waals surface area contributed by atoms with Crippen LogP contribution in [0.2, 0.25) is 0 Å². The molecule has 0 saturated carbocycles. The van der Waals surface area contributed by atoms with Crippen LogP contribution in [0.25, 0.3) is 0 Å². The van der Waals surface area contributed by atoms with E-state index < -0.39 is 11.5 Å². The average Bonchev–Trinajstić information content (AvgIpc) is 2.13. The largest absolute Gasteiger partial charge is 0.393 e. The monoisotopic (exact) mass is 246 g/mol. The van der Waals surface area contributed by atoms with Crippen molar-refractivity contribution in [2.45, 2.75) is 39.7 Å². The molecular formula is C11H22N2O2S. The van der Waals surface area contributed by atoms with Crippen LogP contribution in [0, 0.1) is 5.92 Å². The SMILES string of the molecule is CCC(C(=O)N(CC)CC(C)(C)O)C(N)=S. The Morgan fingerprint density at radius 3 is 2.25 bits per heavy atom. The van der Waals surface area contributed by atoms with E-state index in [1.807, 2.05) is 13.8 Å². The van der Waals surface area contributed by atoms with Gasteiger partial charge in [0.05, 0.1) is 16.5 Å². The molecule has 0 fully saturated rings. The van der Waals surface area contributed by atoms with Crippen molar-refractivity contribution in [3.8, 4) is 0 Å². The molecule has 0 rings (SSSR count). The van der Waals surface area contributed by atoms with Crippen LogP contribution in [0.3, 0.4) is 0 Å². The Balaban J connectivity index is 4.70. The molecule has 4 nitrogen and oxygen atoms in total. The van der Waals surface area contributed by atoms with Gasteiger partial charge < -0.3 is 15.7 Å². The van der Waals surface area contributed by atoms with Gasteiger partial charge in [0.15, 0.2) is 0 Å². The number of rotatable bonds is 6. The maximum absolute atomic E-state index is 12.1. The molecule has 1 amide bonds. The Morgan fingerprint density at radius 1 is 1.50 bits per heavy atom. The molecule has 1 unspecified atom stereocenters. The van der Waals surface area contributed by atoms with Gasteiger partial charge in [-0.3, -0.25) is 4.79 Å². The smallest absolute Gasteiger partial charge is 0.232 e. The number of hydrogen-bond donors (Lipinski definition) is 2. The summed E-state index contributed by atoms with van der Waals surface area (Å²) in [6.45, 7) is 7.92. The zero-order chi connectivity index (χ0) is 12.9. The third-order valence-corrected chi connectivity index (χ3v) is 2.61. The summed E-state index contributed by atoms with van der Waals surface area (Å²) >= 11 is 4.87. The van der Waals surface area contributed by atoms with Gasteiger partial charge in [-0.25, -0.2) is 0 Å². The number of hydrogen-bond acceptors (Lipinski definition) is 3. The number of thiocarbonyl (C=S) groups is 1. The molecule has 0 heterocycles. The van der Waals surface area contributed by atoms with Gasteiger partial charge in [0.25, 0.3) is 0 Å². The van der Waals surface area contributed by atoms with E-state index in [-0.39, 0.29) is 10.9 Å². The molecule has 1 atom stereocenters. The van der Waals surface area contributed by atoms with E-state index in [2.05, 4.69) is 0 Å². The van der Waals surface area contributed by atoms with Crippen molar-refractivity contribution in [2.24, 2.45) is 11.7 Å². The lowest BCUT2D eigenvalue weighted by atomic mass is 10.0. The Morgan fingerprint density at radius 2 is 2.00 bits per heavy atom. The first-order valence-electron chi connectivity index (χ1n) is 5.53. The zero-order valence-electron chi connectivity index (χ0n) is 10.5. The molecule has 0 aromatic carbocycles. The van der Waals surface area contributed by atoms with Crippen molar-refractivity contribution in [2.75, 3.05) is 13.1 Å². The lowest BCUT2D eigenvalue weighted by Crippen LogP contribution is -2.46. The molecule has 0 aliphatic rings. The number of nitrogens with two attached hydrogens (primary N) is 1. The van der Waals surface area contributed by atoms with Gasteiger partial charge in [-0.15, -0.1) is 0 Å². The highest BCUT2D eigenvalue weighted by Gasteiger charge is 2.27. The standard InChI is InChI=1S/C11H22N2O2S/c1-5-8(9(12)16)10(14)13(6-2)7-11(3,4)15/h8,15H,5-7H2,1-4H3,(H2,12,16). The summed E-state index contributed by atoms with van der Waals surface area (Å²) in [4.78, 5) is 13.9. The maximum Gasteiger partial charge on any atom is 0.232 e. The van der Waals surface area contributed by atoms with Gasteiger partial charge in [-0.2, -0.15) is 0 Å². The van der Waals surface area contributed by atoms with E-state index in [0.29, 0.717) is 19.5 Å². The number of amides is 1. The van der Waals surface area contributed by atoms with E-state index in [9.17, 15) is 9.90 Å². The molecule has 0 aliphatic heterocycles. The van der Waals surface area contributed by atoms with E-state index in [1.165, 1.54) is 0 Å². The quantitative estimate of drug-likeness (QED) is 0.684. The third kappa shape index (κ3) is 4.90. The highest BCUT2D eigenvalue weighted by Crippen LogP contribution is 2.12. The topological polar surface area (TPSA) is 66.6 Å². The van der Waals surface area contributed by atoms with E-state index in [0.717, 1.165) is 0 Å².